The number of rotatable bonds is 3. The van der Waals surface area contributed by atoms with Gasteiger partial charge in [0, 0.05) is 11.1 Å². The lowest BCUT2D eigenvalue weighted by atomic mass is 9.66. The van der Waals surface area contributed by atoms with E-state index in [4.69, 9.17) is 0 Å². The minimum atomic E-state index is -0.177. The molecule has 0 unspecified atom stereocenters. The van der Waals surface area contributed by atoms with Crippen molar-refractivity contribution in [2.45, 2.75) is 25.7 Å². The van der Waals surface area contributed by atoms with Crippen LogP contribution >= 0.6 is 15.9 Å². The van der Waals surface area contributed by atoms with Gasteiger partial charge in [0.15, 0.2) is 0 Å². The van der Waals surface area contributed by atoms with Gasteiger partial charge >= 0.3 is 0 Å². The lowest BCUT2D eigenvalue weighted by Crippen LogP contribution is -2.35. The highest BCUT2D eigenvalue weighted by molar-refractivity contribution is 9.10. The highest BCUT2D eigenvalue weighted by atomic mass is 79.9. The number of halogens is 2. The van der Waals surface area contributed by atoms with Crippen LogP contribution in [0.15, 0.2) is 22.7 Å². The Bertz CT molecular complexity index is 355. The third kappa shape index (κ3) is 2.23. The lowest BCUT2D eigenvalue weighted by Gasteiger charge is -2.40. The van der Waals surface area contributed by atoms with Crippen molar-refractivity contribution in [3.63, 3.8) is 0 Å². The monoisotopic (exact) mass is 272 g/mol. The van der Waals surface area contributed by atoms with Crippen LogP contribution in [0.25, 0.3) is 0 Å². The van der Waals surface area contributed by atoms with Gasteiger partial charge in [-0.2, -0.15) is 0 Å². The molecular weight excluding hydrogens is 259 g/mol. The van der Waals surface area contributed by atoms with E-state index in [0.29, 0.717) is 12.0 Å². The molecule has 82 valence electrons. The molecular formula is C12H14BrFO. The molecule has 0 aromatic heterocycles. The van der Waals surface area contributed by atoms with Gasteiger partial charge in [-0.25, -0.2) is 4.39 Å². The second-order valence-electron chi connectivity index (χ2n) is 4.42. The molecule has 3 heteroatoms. The summed E-state index contributed by atoms with van der Waals surface area (Å²) in [6.45, 7) is 0.169. The van der Waals surface area contributed by atoms with E-state index >= 15 is 0 Å². The normalized spacial score (nSPS) is 18.6. The van der Waals surface area contributed by atoms with Gasteiger partial charge < -0.3 is 5.11 Å². The van der Waals surface area contributed by atoms with Crippen molar-refractivity contribution >= 4 is 15.9 Å². The van der Waals surface area contributed by atoms with E-state index in [9.17, 15) is 9.50 Å². The first-order chi connectivity index (χ1) is 7.15. The quantitative estimate of drug-likeness (QED) is 0.896. The summed E-state index contributed by atoms with van der Waals surface area (Å²) in [6, 6.07) is 5.14. The molecule has 15 heavy (non-hydrogen) atoms. The van der Waals surface area contributed by atoms with E-state index < -0.39 is 0 Å². The zero-order valence-electron chi connectivity index (χ0n) is 8.47. The first kappa shape index (κ1) is 11.1. The van der Waals surface area contributed by atoms with Crippen molar-refractivity contribution in [2.75, 3.05) is 6.61 Å². The molecule has 1 aromatic carbocycles. The highest BCUT2D eigenvalue weighted by Crippen LogP contribution is 2.43. The van der Waals surface area contributed by atoms with Crippen LogP contribution in [0, 0.1) is 11.2 Å². The summed E-state index contributed by atoms with van der Waals surface area (Å²) in [6.07, 6.45) is 3.83. The Morgan fingerprint density at radius 2 is 2.13 bits per heavy atom. The van der Waals surface area contributed by atoms with E-state index in [0.717, 1.165) is 23.7 Å². The molecule has 1 aliphatic rings. The van der Waals surface area contributed by atoms with Crippen LogP contribution in [-0.4, -0.2) is 11.7 Å². The van der Waals surface area contributed by atoms with Crippen molar-refractivity contribution in [1.29, 1.82) is 0 Å². The Morgan fingerprint density at radius 3 is 2.60 bits per heavy atom. The van der Waals surface area contributed by atoms with E-state index in [1.807, 2.05) is 6.07 Å². The van der Waals surface area contributed by atoms with Crippen LogP contribution in [0.3, 0.4) is 0 Å². The number of aliphatic hydroxyl groups is 1. The average Bonchev–Trinajstić information content (AvgIpc) is 2.14. The molecule has 0 saturated heterocycles. The number of hydrogen-bond acceptors (Lipinski definition) is 1. The second-order valence-corrected chi connectivity index (χ2v) is 5.34. The Kier molecular flexibility index (Phi) is 3.12. The number of hydrogen-bond donors (Lipinski definition) is 1. The molecule has 0 radical (unpaired) electrons. The Labute approximate surface area is 97.4 Å². The third-order valence-corrected chi connectivity index (χ3v) is 3.82. The first-order valence-corrected chi connectivity index (χ1v) is 5.99. The molecule has 1 nitrogen and oxygen atoms in total. The predicted octanol–water partition coefficient (Wildman–Crippen LogP) is 3.29. The van der Waals surface area contributed by atoms with Crippen molar-refractivity contribution in [1.82, 2.24) is 0 Å². The van der Waals surface area contributed by atoms with E-state index in [1.54, 1.807) is 6.07 Å². The smallest absolute Gasteiger partial charge is 0.127 e. The molecule has 1 aliphatic carbocycles. The molecule has 0 heterocycles. The number of aliphatic hydroxyl groups excluding tert-OH is 1. The summed E-state index contributed by atoms with van der Waals surface area (Å²) < 4.78 is 14.3. The van der Waals surface area contributed by atoms with Gasteiger partial charge in [0.2, 0.25) is 0 Å². The minimum absolute atomic E-state index is 0.0470. The van der Waals surface area contributed by atoms with E-state index in [2.05, 4.69) is 15.9 Å². The zero-order chi connectivity index (χ0) is 10.9. The Balaban J connectivity index is 2.16. The number of benzene rings is 1. The van der Waals surface area contributed by atoms with Crippen molar-refractivity contribution in [2.24, 2.45) is 5.41 Å². The summed E-state index contributed by atoms with van der Waals surface area (Å²) in [7, 11) is 0. The van der Waals surface area contributed by atoms with E-state index in [-0.39, 0.29) is 17.8 Å². The van der Waals surface area contributed by atoms with Gasteiger partial charge in [-0.05, 0) is 42.4 Å². The standard InChI is InChI=1S/C12H14BrFO/c13-10-3-2-9(11(14)6-10)7-12(8-15)4-1-5-12/h2-3,6,15H,1,4-5,7-8H2. The van der Waals surface area contributed by atoms with Crippen LogP contribution in [0.1, 0.15) is 24.8 Å². The van der Waals surface area contributed by atoms with Crippen LogP contribution < -0.4 is 0 Å². The second kappa shape index (κ2) is 4.22. The Morgan fingerprint density at radius 1 is 1.40 bits per heavy atom. The van der Waals surface area contributed by atoms with Gasteiger partial charge in [0.25, 0.3) is 0 Å². The molecule has 2 rings (SSSR count). The van der Waals surface area contributed by atoms with Crippen LogP contribution in [0.4, 0.5) is 4.39 Å². The fourth-order valence-electron chi connectivity index (χ4n) is 2.14. The molecule has 1 aromatic rings. The van der Waals surface area contributed by atoms with Gasteiger partial charge in [0.1, 0.15) is 5.82 Å². The lowest BCUT2D eigenvalue weighted by molar-refractivity contribution is 0.0442. The summed E-state index contributed by atoms with van der Waals surface area (Å²) in [5, 5.41) is 9.31. The average molecular weight is 273 g/mol. The van der Waals surface area contributed by atoms with Crippen molar-refractivity contribution in [3.8, 4) is 0 Å². The van der Waals surface area contributed by atoms with Gasteiger partial charge in [0.05, 0.1) is 0 Å². The molecule has 1 N–H and O–H groups in total. The van der Waals surface area contributed by atoms with Crippen LogP contribution in [0.5, 0.6) is 0 Å². The van der Waals surface area contributed by atoms with Gasteiger partial charge in [-0.1, -0.05) is 28.4 Å². The highest BCUT2D eigenvalue weighted by Gasteiger charge is 2.36. The van der Waals surface area contributed by atoms with Crippen molar-refractivity contribution < 1.29 is 9.50 Å². The molecule has 1 saturated carbocycles. The third-order valence-electron chi connectivity index (χ3n) is 3.33. The molecule has 0 amide bonds. The summed E-state index contributed by atoms with van der Waals surface area (Å²) in [5.41, 5.74) is 0.668. The van der Waals surface area contributed by atoms with Crippen LogP contribution in [0.2, 0.25) is 0 Å². The minimum Gasteiger partial charge on any atom is -0.396 e. The topological polar surface area (TPSA) is 20.2 Å². The summed E-state index contributed by atoms with van der Waals surface area (Å²) in [5.74, 6) is -0.177. The van der Waals surface area contributed by atoms with E-state index in [1.165, 1.54) is 6.07 Å². The maximum absolute atomic E-state index is 13.6. The fourth-order valence-corrected chi connectivity index (χ4v) is 2.47. The molecule has 0 bridgehead atoms. The van der Waals surface area contributed by atoms with Gasteiger partial charge in [-0.15, -0.1) is 0 Å². The largest absolute Gasteiger partial charge is 0.396 e. The molecule has 0 spiro atoms. The van der Waals surface area contributed by atoms with Crippen molar-refractivity contribution in [3.05, 3.63) is 34.1 Å². The summed E-state index contributed by atoms with van der Waals surface area (Å²) >= 11 is 3.23. The maximum Gasteiger partial charge on any atom is 0.127 e. The maximum atomic E-state index is 13.6. The Hall–Kier alpha value is -0.410. The molecule has 0 atom stereocenters. The van der Waals surface area contributed by atoms with Crippen LogP contribution in [-0.2, 0) is 6.42 Å². The van der Waals surface area contributed by atoms with Gasteiger partial charge in [-0.3, -0.25) is 0 Å². The molecule has 1 fully saturated rings. The predicted molar refractivity (Wildman–Crippen MR) is 61.2 cm³/mol. The summed E-state index contributed by atoms with van der Waals surface area (Å²) in [4.78, 5) is 0. The fraction of sp³-hybridized carbons (Fsp3) is 0.500. The zero-order valence-corrected chi connectivity index (χ0v) is 10.1. The SMILES string of the molecule is OCC1(Cc2ccc(Br)cc2F)CCC1. The molecule has 0 aliphatic heterocycles. The first-order valence-electron chi connectivity index (χ1n) is 5.20.